The average molecular weight is 252 g/mol. The molecule has 0 fully saturated rings. The van der Waals surface area contributed by atoms with Gasteiger partial charge in [0.25, 0.3) is 5.91 Å². The van der Waals surface area contributed by atoms with Crippen LogP contribution in [0.4, 0.5) is 0 Å². The van der Waals surface area contributed by atoms with Crippen LogP contribution in [0.3, 0.4) is 0 Å². The van der Waals surface area contributed by atoms with Gasteiger partial charge in [-0.2, -0.15) is 0 Å². The van der Waals surface area contributed by atoms with Gasteiger partial charge in [-0.1, -0.05) is 6.92 Å². The number of hydrogen-bond donors (Lipinski definition) is 3. The van der Waals surface area contributed by atoms with E-state index in [-0.39, 0.29) is 17.9 Å². The third-order valence-corrected chi connectivity index (χ3v) is 2.90. The number of aromatic nitrogens is 1. The van der Waals surface area contributed by atoms with Gasteiger partial charge in [0, 0.05) is 11.8 Å². The molecule has 1 unspecified atom stereocenters. The van der Waals surface area contributed by atoms with Gasteiger partial charge in [-0.05, 0) is 26.3 Å². The van der Waals surface area contributed by atoms with E-state index in [4.69, 9.17) is 5.11 Å². The SMILES string of the molecule is CCC(C)(NC(=O)c1cc(C(C)=O)c[nH]1)C(=O)O. The molecule has 1 amide bonds. The fourth-order valence-electron chi connectivity index (χ4n) is 1.34. The van der Waals surface area contributed by atoms with E-state index in [1.54, 1.807) is 6.92 Å². The highest BCUT2D eigenvalue weighted by Gasteiger charge is 2.33. The third kappa shape index (κ3) is 2.77. The van der Waals surface area contributed by atoms with Crippen molar-refractivity contribution < 1.29 is 19.5 Å². The maximum absolute atomic E-state index is 11.8. The Kier molecular flexibility index (Phi) is 3.90. The molecule has 0 aromatic carbocycles. The van der Waals surface area contributed by atoms with Gasteiger partial charge in [-0.25, -0.2) is 4.79 Å². The highest BCUT2D eigenvalue weighted by molar-refractivity contribution is 6.00. The molecular formula is C12H16N2O4. The Morgan fingerprint density at radius 3 is 2.44 bits per heavy atom. The quantitative estimate of drug-likeness (QED) is 0.685. The molecule has 6 nitrogen and oxygen atoms in total. The van der Waals surface area contributed by atoms with Gasteiger partial charge in [0.2, 0.25) is 0 Å². The molecular weight excluding hydrogens is 236 g/mol. The molecule has 3 N–H and O–H groups in total. The van der Waals surface area contributed by atoms with E-state index in [0.29, 0.717) is 5.56 Å². The van der Waals surface area contributed by atoms with Gasteiger partial charge in [0.1, 0.15) is 11.2 Å². The van der Waals surface area contributed by atoms with Crippen LogP contribution in [0.15, 0.2) is 12.3 Å². The van der Waals surface area contributed by atoms with E-state index in [1.807, 2.05) is 0 Å². The van der Waals surface area contributed by atoms with Crippen LogP contribution >= 0.6 is 0 Å². The molecule has 1 rings (SSSR count). The molecule has 0 saturated heterocycles. The predicted octanol–water partition coefficient (Wildman–Crippen LogP) is 1.20. The van der Waals surface area contributed by atoms with Crippen molar-refractivity contribution in [3.63, 3.8) is 0 Å². The van der Waals surface area contributed by atoms with Crippen LogP contribution < -0.4 is 5.32 Å². The summed E-state index contributed by atoms with van der Waals surface area (Å²) < 4.78 is 0. The molecule has 0 aliphatic heterocycles. The Morgan fingerprint density at radius 1 is 1.44 bits per heavy atom. The normalized spacial score (nSPS) is 13.7. The fraction of sp³-hybridized carbons (Fsp3) is 0.417. The summed E-state index contributed by atoms with van der Waals surface area (Å²) in [5.41, 5.74) is -0.770. The number of rotatable bonds is 5. The zero-order chi connectivity index (χ0) is 13.9. The lowest BCUT2D eigenvalue weighted by Gasteiger charge is -2.24. The first kappa shape index (κ1) is 14.0. The van der Waals surface area contributed by atoms with Crippen molar-refractivity contribution >= 4 is 17.7 Å². The number of carboxylic acid groups (broad SMARTS) is 1. The summed E-state index contributed by atoms with van der Waals surface area (Å²) in [7, 11) is 0. The number of hydrogen-bond acceptors (Lipinski definition) is 3. The topological polar surface area (TPSA) is 99.3 Å². The van der Waals surface area contributed by atoms with E-state index in [2.05, 4.69) is 10.3 Å². The molecule has 0 aliphatic rings. The summed E-state index contributed by atoms with van der Waals surface area (Å²) in [6.07, 6.45) is 1.68. The molecule has 0 saturated carbocycles. The van der Waals surface area contributed by atoms with Crippen LogP contribution in [0.25, 0.3) is 0 Å². The Morgan fingerprint density at radius 2 is 2.06 bits per heavy atom. The molecule has 98 valence electrons. The van der Waals surface area contributed by atoms with Crippen molar-refractivity contribution in [3.8, 4) is 0 Å². The number of amides is 1. The minimum atomic E-state index is -1.32. The van der Waals surface area contributed by atoms with Gasteiger partial charge in [0.15, 0.2) is 5.78 Å². The van der Waals surface area contributed by atoms with Crippen molar-refractivity contribution in [2.75, 3.05) is 0 Å². The lowest BCUT2D eigenvalue weighted by molar-refractivity contribution is -0.143. The molecule has 1 heterocycles. The first-order chi connectivity index (χ1) is 8.30. The summed E-state index contributed by atoms with van der Waals surface area (Å²) in [4.78, 5) is 36.6. The minimum Gasteiger partial charge on any atom is -0.480 e. The molecule has 1 atom stereocenters. The highest BCUT2D eigenvalue weighted by Crippen LogP contribution is 2.11. The van der Waals surface area contributed by atoms with E-state index in [0.717, 1.165) is 0 Å². The zero-order valence-corrected chi connectivity index (χ0v) is 10.5. The molecule has 18 heavy (non-hydrogen) atoms. The summed E-state index contributed by atoms with van der Waals surface area (Å²) in [6, 6.07) is 1.40. The van der Waals surface area contributed by atoms with Crippen LogP contribution in [-0.2, 0) is 4.79 Å². The summed E-state index contributed by atoms with van der Waals surface area (Å²) in [6.45, 7) is 4.49. The van der Waals surface area contributed by atoms with Gasteiger partial charge in [-0.15, -0.1) is 0 Å². The lowest BCUT2D eigenvalue weighted by Crippen LogP contribution is -2.51. The molecule has 0 radical (unpaired) electrons. The average Bonchev–Trinajstić information content (AvgIpc) is 2.77. The van der Waals surface area contributed by atoms with Crippen molar-refractivity contribution in [3.05, 3.63) is 23.5 Å². The Balaban J connectivity index is 2.88. The molecule has 1 aromatic heterocycles. The van der Waals surface area contributed by atoms with Crippen LogP contribution in [0.5, 0.6) is 0 Å². The van der Waals surface area contributed by atoms with E-state index >= 15 is 0 Å². The standard InChI is InChI=1S/C12H16N2O4/c1-4-12(3,11(17)18)14-10(16)9-5-8(6-13-9)7(2)15/h5-6,13H,4H2,1-3H3,(H,14,16)(H,17,18). The smallest absolute Gasteiger partial charge is 0.329 e. The van der Waals surface area contributed by atoms with Crippen molar-refractivity contribution in [2.45, 2.75) is 32.7 Å². The summed E-state index contributed by atoms with van der Waals surface area (Å²) in [5.74, 6) is -1.81. The Bertz CT molecular complexity index is 492. The first-order valence-corrected chi connectivity index (χ1v) is 5.55. The number of aliphatic carboxylic acids is 1. The summed E-state index contributed by atoms with van der Waals surface area (Å²) >= 11 is 0. The maximum Gasteiger partial charge on any atom is 0.329 e. The lowest BCUT2D eigenvalue weighted by atomic mass is 9.99. The second-order valence-corrected chi connectivity index (χ2v) is 4.30. The van der Waals surface area contributed by atoms with Gasteiger partial charge in [0.05, 0.1) is 0 Å². The number of H-pyrrole nitrogens is 1. The Hall–Kier alpha value is -2.11. The number of aromatic amines is 1. The van der Waals surface area contributed by atoms with Gasteiger partial charge in [-0.3, -0.25) is 9.59 Å². The monoisotopic (exact) mass is 252 g/mol. The number of ketones is 1. The second kappa shape index (κ2) is 5.03. The Labute approximate surface area is 104 Å². The second-order valence-electron chi connectivity index (χ2n) is 4.30. The van der Waals surface area contributed by atoms with Crippen LogP contribution in [0, 0.1) is 0 Å². The summed E-state index contributed by atoms with van der Waals surface area (Å²) in [5, 5.41) is 11.5. The van der Waals surface area contributed by atoms with Crippen LogP contribution in [0.1, 0.15) is 48.0 Å². The van der Waals surface area contributed by atoms with Crippen molar-refractivity contribution in [1.29, 1.82) is 0 Å². The van der Waals surface area contributed by atoms with Crippen molar-refractivity contribution in [2.24, 2.45) is 0 Å². The number of carbonyl (C=O) groups is 3. The number of Topliss-reactive ketones (excluding diaryl/α,β-unsaturated/α-hetero) is 1. The molecule has 0 aliphatic carbocycles. The van der Waals surface area contributed by atoms with Crippen LogP contribution in [0.2, 0.25) is 0 Å². The first-order valence-electron chi connectivity index (χ1n) is 5.55. The predicted molar refractivity (Wildman–Crippen MR) is 64.6 cm³/mol. The highest BCUT2D eigenvalue weighted by atomic mass is 16.4. The van der Waals surface area contributed by atoms with Gasteiger partial charge < -0.3 is 15.4 Å². The van der Waals surface area contributed by atoms with E-state index < -0.39 is 17.4 Å². The largest absolute Gasteiger partial charge is 0.480 e. The number of nitrogens with one attached hydrogen (secondary N) is 2. The molecule has 1 aromatic rings. The number of carboxylic acids is 1. The van der Waals surface area contributed by atoms with E-state index in [1.165, 1.54) is 26.1 Å². The maximum atomic E-state index is 11.8. The molecule has 6 heteroatoms. The van der Waals surface area contributed by atoms with Gasteiger partial charge >= 0.3 is 5.97 Å². The molecule has 0 spiro atoms. The van der Waals surface area contributed by atoms with Crippen LogP contribution in [-0.4, -0.2) is 33.3 Å². The number of carbonyl (C=O) groups excluding carboxylic acids is 2. The zero-order valence-electron chi connectivity index (χ0n) is 10.5. The fourth-order valence-corrected chi connectivity index (χ4v) is 1.34. The van der Waals surface area contributed by atoms with E-state index in [9.17, 15) is 14.4 Å². The van der Waals surface area contributed by atoms with Crippen molar-refractivity contribution in [1.82, 2.24) is 10.3 Å². The molecule has 0 bridgehead atoms. The third-order valence-electron chi connectivity index (χ3n) is 2.90. The minimum absolute atomic E-state index is 0.165.